The Hall–Kier alpha value is -2.78. The fourth-order valence-electron chi connectivity index (χ4n) is 3.23. The van der Waals surface area contributed by atoms with Crippen LogP contribution in [0.4, 0.5) is 5.69 Å². The van der Waals surface area contributed by atoms with E-state index in [-0.39, 0.29) is 11.9 Å². The van der Waals surface area contributed by atoms with Crippen LogP contribution in [0, 0.1) is 6.92 Å². The molecule has 2 aromatic rings. The number of aryl methyl sites for hydroxylation is 1. The summed E-state index contributed by atoms with van der Waals surface area (Å²) in [5.74, 6) is -0.489. The fourth-order valence-corrected chi connectivity index (χ4v) is 4.89. The van der Waals surface area contributed by atoms with Gasteiger partial charge in [-0.1, -0.05) is 24.6 Å². The van der Waals surface area contributed by atoms with E-state index in [1.165, 1.54) is 11.8 Å². The minimum Gasteiger partial charge on any atom is -0.490 e. The van der Waals surface area contributed by atoms with Crippen LogP contribution in [0.2, 0.25) is 0 Å². The first kappa shape index (κ1) is 25.8. The van der Waals surface area contributed by atoms with Crippen molar-refractivity contribution < 1.29 is 24.2 Å². The second-order valence-corrected chi connectivity index (χ2v) is 9.58. The molecule has 1 amide bonds. The van der Waals surface area contributed by atoms with Crippen LogP contribution in [-0.2, 0) is 9.59 Å². The van der Waals surface area contributed by atoms with Gasteiger partial charge in [0.15, 0.2) is 23.3 Å². The molecule has 0 bridgehead atoms. The Bertz CT molecular complexity index is 1130. The van der Waals surface area contributed by atoms with Crippen molar-refractivity contribution in [1.82, 2.24) is 4.90 Å². The molecule has 1 heterocycles. The molecule has 0 aromatic heterocycles. The molecule has 2 aromatic carbocycles. The van der Waals surface area contributed by atoms with Crippen LogP contribution in [0.3, 0.4) is 0 Å². The first-order valence-electron chi connectivity index (χ1n) is 10.9. The molecule has 1 saturated heterocycles. The number of amidine groups is 1. The van der Waals surface area contributed by atoms with Crippen LogP contribution in [0.15, 0.2) is 50.8 Å². The standard InChI is InChI=1S/C25H27BrN2O5S/c1-5-16(4)28-24(31)21(34-25(28)27-18-9-7-15(3)8-10-18)13-17-11-19(26)23(33-14-22(29)30)20(12-17)32-6-2/h7-13,16H,5-6,14H2,1-4H3,(H,29,30)/b21-13+,27-25?/t16-/m1/s1. The Morgan fingerprint density at radius 3 is 2.56 bits per heavy atom. The molecule has 9 heteroatoms. The smallest absolute Gasteiger partial charge is 0.341 e. The molecular weight excluding hydrogens is 520 g/mol. The average Bonchev–Trinajstić information content (AvgIpc) is 3.08. The van der Waals surface area contributed by atoms with Crippen molar-refractivity contribution in [2.24, 2.45) is 4.99 Å². The van der Waals surface area contributed by atoms with Crippen LogP contribution in [0.25, 0.3) is 6.08 Å². The van der Waals surface area contributed by atoms with E-state index in [2.05, 4.69) is 15.9 Å². The summed E-state index contributed by atoms with van der Waals surface area (Å²) in [4.78, 5) is 31.3. The zero-order chi connectivity index (χ0) is 24.8. The molecule has 0 radical (unpaired) electrons. The van der Waals surface area contributed by atoms with Gasteiger partial charge in [-0.25, -0.2) is 9.79 Å². The molecule has 1 aliphatic heterocycles. The third-order valence-electron chi connectivity index (χ3n) is 5.10. The minimum absolute atomic E-state index is 0.00684. The monoisotopic (exact) mass is 546 g/mol. The number of carboxylic acids is 1. The van der Waals surface area contributed by atoms with E-state index >= 15 is 0 Å². The molecule has 3 rings (SSSR count). The molecule has 0 saturated carbocycles. The number of thioether (sulfide) groups is 1. The highest BCUT2D eigenvalue weighted by molar-refractivity contribution is 9.10. The quantitative estimate of drug-likeness (QED) is 0.386. The number of halogens is 1. The number of carbonyl (C=O) groups excluding carboxylic acids is 1. The van der Waals surface area contributed by atoms with Gasteiger partial charge in [-0.05, 0) is 90.8 Å². The maximum atomic E-state index is 13.3. The Morgan fingerprint density at radius 2 is 1.94 bits per heavy atom. The van der Waals surface area contributed by atoms with Gasteiger partial charge in [0.25, 0.3) is 5.91 Å². The molecule has 180 valence electrons. The number of rotatable bonds is 9. The van der Waals surface area contributed by atoms with Gasteiger partial charge in [0.2, 0.25) is 0 Å². The van der Waals surface area contributed by atoms with Gasteiger partial charge in [0.1, 0.15) is 0 Å². The number of nitrogens with zero attached hydrogens (tertiary/aromatic N) is 2. The highest BCUT2D eigenvalue weighted by Crippen LogP contribution is 2.40. The van der Waals surface area contributed by atoms with E-state index < -0.39 is 12.6 Å². The van der Waals surface area contributed by atoms with Gasteiger partial charge in [-0.2, -0.15) is 0 Å². The Balaban J connectivity index is 1.98. The lowest BCUT2D eigenvalue weighted by molar-refractivity contribution is -0.139. The number of carboxylic acid groups (broad SMARTS) is 1. The molecule has 1 atom stereocenters. The molecule has 7 nitrogen and oxygen atoms in total. The molecule has 1 fully saturated rings. The zero-order valence-electron chi connectivity index (χ0n) is 19.5. The van der Waals surface area contributed by atoms with Gasteiger partial charge in [-0.15, -0.1) is 0 Å². The van der Waals surface area contributed by atoms with E-state index in [1.54, 1.807) is 23.1 Å². The first-order valence-corrected chi connectivity index (χ1v) is 12.5. The molecule has 0 aliphatic carbocycles. The number of hydrogen-bond acceptors (Lipinski definition) is 6. The van der Waals surface area contributed by atoms with E-state index in [4.69, 9.17) is 19.6 Å². The van der Waals surface area contributed by atoms with Crippen molar-refractivity contribution in [2.45, 2.75) is 40.2 Å². The predicted molar refractivity (Wildman–Crippen MR) is 139 cm³/mol. The number of benzene rings is 2. The summed E-state index contributed by atoms with van der Waals surface area (Å²) in [5, 5.41) is 9.59. The van der Waals surface area contributed by atoms with Crippen LogP contribution >= 0.6 is 27.7 Å². The predicted octanol–water partition coefficient (Wildman–Crippen LogP) is 6.02. The number of aliphatic imine (C=N–C) groups is 1. The fraction of sp³-hybridized carbons (Fsp3) is 0.320. The molecule has 1 aliphatic rings. The van der Waals surface area contributed by atoms with E-state index in [1.807, 2.05) is 52.0 Å². The summed E-state index contributed by atoms with van der Waals surface area (Å²) < 4.78 is 11.6. The summed E-state index contributed by atoms with van der Waals surface area (Å²) >= 11 is 4.77. The van der Waals surface area contributed by atoms with Crippen LogP contribution < -0.4 is 9.47 Å². The van der Waals surface area contributed by atoms with Gasteiger partial charge in [-0.3, -0.25) is 9.69 Å². The zero-order valence-corrected chi connectivity index (χ0v) is 21.9. The normalized spacial score (nSPS) is 16.9. The number of ether oxygens (including phenoxy) is 2. The Kier molecular flexibility index (Phi) is 8.79. The lowest BCUT2D eigenvalue weighted by Gasteiger charge is -2.22. The highest BCUT2D eigenvalue weighted by atomic mass is 79.9. The molecule has 0 spiro atoms. The minimum atomic E-state index is -1.08. The third kappa shape index (κ3) is 6.21. The highest BCUT2D eigenvalue weighted by Gasteiger charge is 2.36. The van der Waals surface area contributed by atoms with Crippen molar-refractivity contribution >= 4 is 56.5 Å². The van der Waals surface area contributed by atoms with Gasteiger partial charge >= 0.3 is 5.97 Å². The molecule has 34 heavy (non-hydrogen) atoms. The number of amides is 1. The summed E-state index contributed by atoms with van der Waals surface area (Å²) in [6.07, 6.45) is 2.58. The maximum absolute atomic E-state index is 13.3. The number of carbonyl (C=O) groups is 2. The summed E-state index contributed by atoms with van der Waals surface area (Å²) in [5.41, 5.74) is 2.65. The van der Waals surface area contributed by atoms with Crippen molar-refractivity contribution in [3.8, 4) is 11.5 Å². The first-order chi connectivity index (χ1) is 16.2. The van der Waals surface area contributed by atoms with Crippen LogP contribution in [0.1, 0.15) is 38.3 Å². The number of aliphatic carboxylic acids is 1. The van der Waals surface area contributed by atoms with Crippen molar-refractivity contribution in [3.05, 3.63) is 56.9 Å². The van der Waals surface area contributed by atoms with E-state index in [0.717, 1.165) is 23.2 Å². The van der Waals surface area contributed by atoms with E-state index in [9.17, 15) is 9.59 Å². The lowest BCUT2D eigenvalue weighted by Crippen LogP contribution is -2.36. The molecule has 1 N–H and O–H groups in total. The summed E-state index contributed by atoms with van der Waals surface area (Å²) in [6, 6.07) is 11.3. The lowest BCUT2D eigenvalue weighted by atomic mass is 10.1. The second-order valence-electron chi connectivity index (χ2n) is 7.72. The van der Waals surface area contributed by atoms with Crippen molar-refractivity contribution in [2.75, 3.05) is 13.2 Å². The van der Waals surface area contributed by atoms with Crippen LogP contribution in [-0.4, -0.2) is 46.3 Å². The Labute approximate surface area is 212 Å². The molecular formula is C25H27BrN2O5S. The summed E-state index contributed by atoms with van der Waals surface area (Å²) in [7, 11) is 0. The van der Waals surface area contributed by atoms with Crippen LogP contribution in [0.5, 0.6) is 11.5 Å². The number of hydrogen-bond donors (Lipinski definition) is 1. The van der Waals surface area contributed by atoms with Crippen molar-refractivity contribution in [3.63, 3.8) is 0 Å². The summed E-state index contributed by atoms with van der Waals surface area (Å²) in [6.45, 7) is 7.77. The largest absolute Gasteiger partial charge is 0.490 e. The van der Waals surface area contributed by atoms with Crippen molar-refractivity contribution in [1.29, 1.82) is 0 Å². The Morgan fingerprint density at radius 1 is 1.24 bits per heavy atom. The second kappa shape index (κ2) is 11.6. The van der Waals surface area contributed by atoms with Gasteiger partial charge in [0, 0.05) is 6.04 Å². The van der Waals surface area contributed by atoms with Gasteiger partial charge < -0.3 is 14.6 Å². The topological polar surface area (TPSA) is 88.4 Å². The SMILES string of the molecule is CCOc1cc(/C=C2/SC(=Nc3ccc(C)cc3)N([C@H](C)CC)C2=O)cc(Br)c1OCC(=O)O. The maximum Gasteiger partial charge on any atom is 0.341 e. The van der Waals surface area contributed by atoms with Gasteiger partial charge in [0.05, 0.1) is 21.7 Å². The molecule has 0 unspecified atom stereocenters. The average molecular weight is 547 g/mol. The van der Waals surface area contributed by atoms with E-state index in [0.29, 0.717) is 32.7 Å². The third-order valence-corrected chi connectivity index (χ3v) is 6.67.